The van der Waals surface area contributed by atoms with Crippen LogP contribution in [0.3, 0.4) is 0 Å². The van der Waals surface area contributed by atoms with Gasteiger partial charge in [-0.2, -0.15) is 0 Å². The summed E-state index contributed by atoms with van der Waals surface area (Å²) in [5, 5.41) is 2.31. The van der Waals surface area contributed by atoms with Gasteiger partial charge in [0.25, 0.3) is 5.91 Å². The molecule has 0 spiro atoms. The van der Waals surface area contributed by atoms with Crippen molar-refractivity contribution >= 4 is 17.4 Å². The van der Waals surface area contributed by atoms with Crippen LogP contribution < -0.4 is 5.32 Å². The van der Waals surface area contributed by atoms with Gasteiger partial charge in [0.1, 0.15) is 5.82 Å². The molecule has 0 saturated carbocycles. The van der Waals surface area contributed by atoms with Gasteiger partial charge in [-0.25, -0.2) is 4.39 Å². The predicted octanol–water partition coefficient (Wildman–Crippen LogP) is 1.35. The van der Waals surface area contributed by atoms with E-state index in [1.165, 1.54) is 31.2 Å². The number of hydrogen-bond acceptors (Lipinski definition) is 2. The van der Waals surface area contributed by atoms with Crippen LogP contribution in [0.1, 0.15) is 6.92 Å². The quantitative estimate of drug-likeness (QED) is 0.700. The van der Waals surface area contributed by atoms with Gasteiger partial charge in [0, 0.05) is 12.6 Å². The molecule has 68 valence electrons. The zero-order chi connectivity index (χ0) is 9.84. The van der Waals surface area contributed by atoms with E-state index in [1.54, 1.807) is 0 Å². The van der Waals surface area contributed by atoms with Crippen molar-refractivity contribution in [2.75, 3.05) is 5.32 Å². The molecule has 0 unspecified atom stereocenters. The van der Waals surface area contributed by atoms with E-state index in [1.807, 2.05) is 0 Å². The summed E-state index contributed by atoms with van der Waals surface area (Å²) in [4.78, 5) is 21.4. The Balaban J connectivity index is 2.70. The molecule has 1 N–H and O–H groups in total. The van der Waals surface area contributed by atoms with E-state index in [4.69, 9.17) is 0 Å². The first-order valence-electron chi connectivity index (χ1n) is 3.67. The van der Waals surface area contributed by atoms with Crippen LogP contribution in [0.2, 0.25) is 0 Å². The van der Waals surface area contributed by atoms with Crippen molar-refractivity contribution < 1.29 is 14.0 Å². The van der Waals surface area contributed by atoms with Gasteiger partial charge in [-0.1, -0.05) is 0 Å². The second-order valence-electron chi connectivity index (χ2n) is 2.52. The van der Waals surface area contributed by atoms with Gasteiger partial charge in [-0.15, -0.1) is 0 Å². The third-order valence-electron chi connectivity index (χ3n) is 1.42. The lowest BCUT2D eigenvalue weighted by atomic mass is 10.3. The smallest absolute Gasteiger partial charge is 0.291 e. The number of rotatable bonds is 2. The van der Waals surface area contributed by atoms with Crippen molar-refractivity contribution in [2.45, 2.75) is 6.92 Å². The Morgan fingerprint density at radius 2 is 1.77 bits per heavy atom. The normalized spacial score (nSPS) is 9.38. The number of amides is 1. The fourth-order valence-corrected chi connectivity index (χ4v) is 0.752. The van der Waals surface area contributed by atoms with Crippen LogP contribution in [0.15, 0.2) is 24.3 Å². The first-order valence-corrected chi connectivity index (χ1v) is 3.67. The van der Waals surface area contributed by atoms with Crippen LogP contribution in [-0.4, -0.2) is 11.7 Å². The standard InChI is InChI=1S/C9H8FNO2/c1-6(12)9(13)11-8-4-2-7(10)3-5-8/h2-5H,1H3,(H,11,13). The molecule has 0 heterocycles. The maximum Gasteiger partial charge on any atom is 0.291 e. The Morgan fingerprint density at radius 3 is 2.23 bits per heavy atom. The molecule has 13 heavy (non-hydrogen) atoms. The van der Waals surface area contributed by atoms with E-state index in [0.717, 1.165) is 0 Å². The van der Waals surface area contributed by atoms with Crippen molar-refractivity contribution in [3.8, 4) is 0 Å². The number of ketones is 1. The van der Waals surface area contributed by atoms with Crippen LogP contribution in [0.25, 0.3) is 0 Å². The minimum atomic E-state index is -0.702. The minimum Gasteiger partial charge on any atom is -0.319 e. The van der Waals surface area contributed by atoms with Gasteiger partial charge in [-0.3, -0.25) is 9.59 Å². The molecule has 3 nitrogen and oxygen atoms in total. The SMILES string of the molecule is CC(=O)C(=O)Nc1ccc(F)cc1. The molecule has 0 aliphatic heterocycles. The molecule has 4 heteroatoms. The molecule has 0 bridgehead atoms. The maximum absolute atomic E-state index is 12.4. The van der Waals surface area contributed by atoms with Gasteiger partial charge in [0.15, 0.2) is 0 Å². The van der Waals surface area contributed by atoms with E-state index in [2.05, 4.69) is 5.32 Å². The number of hydrogen-bond donors (Lipinski definition) is 1. The monoisotopic (exact) mass is 181 g/mol. The average molecular weight is 181 g/mol. The predicted molar refractivity (Wildman–Crippen MR) is 45.7 cm³/mol. The zero-order valence-corrected chi connectivity index (χ0v) is 7.00. The molecule has 0 saturated heterocycles. The number of halogens is 1. The van der Waals surface area contributed by atoms with Gasteiger partial charge < -0.3 is 5.32 Å². The third-order valence-corrected chi connectivity index (χ3v) is 1.42. The summed E-state index contributed by atoms with van der Waals surface area (Å²) in [6.45, 7) is 1.17. The summed E-state index contributed by atoms with van der Waals surface area (Å²) < 4.78 is 12.4. The van der Waals surface area contributed by atoms with Crippen LogP contribution >= 0.6 is 0 Å². The first-order chi connectivity index (χ1) is 6.09. The minimum absolute atomic E-state index is 0.388. The molecular weight excluding hydrogens is 173 g/mol. The summed E-state index contributed by atoms with van der Waals surface area (Å²) in [7, 11) is 0. The molecule has 1 aromatic rings. The fraction of sp³-hybridized carbons (Fsp3) is 0.111. The zero-order valence-electron chi connectivity index (χ0n) is 7.00. The van der Waals surface area contributed by atoms with Crippen molar-refractivity contribution in [1.29, 1.82) is 0 Å². The van der Waals surface area contributed by atoms with E-state index < -0.39 is 11.7 Å². The van der Waals surface area contributed by atoms with Gasteiger partial charge in [0.05, 0.1) is 0 Å². The molecule has 0 atom stereocenters. The Kier molecular flexibility index (Phi) is 2.74. The topological polar surface area (TPSA) is 46.2 Å². The summed E-state index contributed by atoms with van der Waals surface area (Å²) in [5.74, 6) is -1.67. The van der Waals surface area contributed by atoms with E-state index in [0.29, 0.717) is 5.69 Å². The Hall–Kier alpha value is -1.71. The van der Waals surface area contributed by atoms with Crippen molar-refractivity contribution in [3.63, 3.8) is 0 Å². The fourth-order valence-electron chi connectivity index (χ4n) is 0.752. The Morgan fingerprint density at radius 1 is 1.23 bits per heavy atom. The number of carbonyl (C=O) groups excluding carboxylic acids is 2. The van der Waals surface area contributed by atoms with Crippen LogP contribution in [0.5, 0.6) is 0 Å². The average Bonchev–Trinajstić information content (AvgIpc) is 2.08. The molecule has 0 aliphatic rings. The Labute approximate surface area is 74.6 Å². The lowest BCUT2D eigenvalue weighted by Crippen LogP contribution is -2.19. The molecule has 1 aromatic carbocycles. The highest BCUT2D eigenvalue weighted by molar-refractivity contribution is 6.39. The number of benzene rings is 1. The number of nitrogens with one attached hydrogen (secondary N) is 1. The van der Waals surface area contributed by atoms with Crippen molar-refractivity contribution in [1.82, 2.24) is 0 Å². The molecular formula is C9H8FNO2. The second kappa shape index (κ2) is 3.80. The highest BCUT2D eigenvalue weighted by Crippen LogP contribution is 2.07. The third kappa shape index (κ3) is 2.66. The molecule has 0 aliphatic carbocycles. The largest absolute Gasteiger partial charge is 0.319 e. The summed E-state index contributed by atoms with van der Waals surface area (Å²) in [6, 6.07) is 5.18. The lowest BCUT2D eigenvalue weighted by molar-refractivity contribution is -0.133. The number of anilines is 1. The number of Topliss-reactive ketones (excluding diaryl/α,β-unsaturated/α-hetero) is 1. The lowest BCUT2D eigenvalue weighted by Gasteiger charge is -2.00. The van der Waals surface area contributed by atoms with E-state index >= 15 is 0 Å². The number of carbonyl (C=O) groups is 2. The van der Waals surface area contributed by atoms with Gasteiger partial charge >= 0.3 is 0 Å². The van der Waals surface area contributed by atoms with E-state index in [9.17, 15) is 14.0 Å². The van der Waals surface area contributed by atoms with Crippen molar-refractivity contribution in [2.24, 2.45) is 0 Å². The summed E-state index contributed by atoms with van der Waals surface area (Å²) in [5.41, 5.74) is 0.404. The molecule has 0 aromatic heterocycles. The van der Waals surface area contributed by atoms with Crippen LogP contribution in [0, 0.1) is 5.82 Å². The highest BCUT2D eigenvalue weighted by Gasteiger charge is 2.06. The van der Waals surface area contributed by atoms with Crippen molar-refractivity contribution in [3.05, 3.63) is 30.1 Å². The highest BCUT2D eigenvalue weighted by atomic mass is 19.1. The van der Waals surface area contributed by atoms with Crippen LogP contribution in [-0.2, 0) is 9.59 Å². The first kappa shape index (κ1) is 9.38. The second-order valence-corrected chi connectivity index (χ2v) is 2.52. The van der Waals surface area contributed by atoms with Crippen LogP contribution in [0.4, 0.5) is 10.1 Å². The maximum atomic E-state index is 12.4. The molecule has 0 radical (unpaired) electrons. The summed E-state index contributed by atoms with van der Waals surface area (Å²) in [6.07, 6.45) is 0. The Bertz CT molecular complexity index is 332. The molecule has 1 amide bonds. The summed E-state index contributed by atoms with van der Waals surface area (Å²) >= 11 is 0. The van der Waals surface area contributed by atoms with Gasteiger partial charge in [-0.05, 0) is 24.3 Å². The van der Waals surface area contributed by atoms with E-state index in [-0.39, 0.29) is 5.82 Å². The molecule has 0 fully saturated rings. The van der Waals surface area contributed by atoms with Gasteiger partial charge in [0.2, 0.25) is 5.78 Å². The molecule has 1 rings (SSSR count).